The third-order valence-electron chi connectivity index (χ3n) is 4.39. The van der Waals surface area contributed by atoms with Crippen molar-refractivity contribution in [2.24, 2.45) is 0 Å². The Morgan fingerprint density at radius 2 is 1.34 bits per heavy atom. The molecule has 0 aliphatic heterocycles. The van der Waals surface area contributed by atoms with Gasteiger partial charge in [0, 0.05) is 16.1 Å². The van der Waals surface area contributed by atoms with Gasteiger partial charge in [0.15, 0.2) is 4.75 Å². The monoisotopic (exact) mass is 492 g/mol. The lowest BCUT2D eigenvalue weighted by Crippen LogP contribution is -2.38. The maximum absolute atomic E-state index is 13.0. The Bertz CT molecular complexity index is 1190. The summed E-state index contributed by atoms with van der Waals surface area (Å²) in [5, 5.41) is 19.9. The molecule has 0 radical (unpaired) electrons. The molecule has 0 fully saturated rings. The van der Waals surface area contributed by atoms with Crippen molar-refractivity contribution in [3.05, 3.63) is 91.4 Å². The summed E-state index contributed by atoms with van der Waals surface area (Å²) in [6.45, 7) is 0. The summed E-state index contributed by atoms with van der Waals surface area (Å²) in [5.41, 5.74) is -0.464. The van der Waals surface area contributed by atoms with Crippen LogP contribution in [0.1, 0.15) is 16.7 Å². The van der Waals surface area contributed by atoms with E-state index < -0.39 is 20.6 Å². The molecule has 0 aliphatic carbocycles. The topological polar surface area (TPSA) is 94.8 Å². The van der Waals surface area contributed by atoms with E-state index in [0.29, 0.717) is 0 Å². The van der Waals surface area contributed by atoms with Crippen molar-refractivity contribution < 1.29 is 23.2 Å². The molecular formula is C19H12Cl4O5S. The first-order valence-corrected chi connectivity index (χ1v) is 10.8. The van der Waals surface area contributed by atoms with E-state index in [-0.39, 0.29) is 42.5 Å². The van der Waals surface area contributed by atoms with Crippen molar-refractivity contribution >= 4 is 56.5 Å². The van der Waals surface area contributed by atoms with Crippen LogP contribution in [0.3, 0.4) is 0 Å². The number of hydrogen-bond acceptors (Lipinski definition) is 4. The molecule has 0 aromatic heterocycles. The van der Waals surface area contributed by atoms with Crippen LogP contribution >= 0.6 is 46.4 Å². The third kappa shape index (κ3) is 3.65. The van der Waals surface area contributed by atoms with Gasteiger partial charge >= 0.3 is 0 Å². The first-order chi connectivity index (χ1) is 13.5. The quantitative estimate of drug-likeness (QED) is 0.239. The molecule has 1 atom stereocenters. The van der Waals surface area contributed by atoms with Gasteiger partial charge in [0.2, 0.25) is 0 Å². The molecular weight excluding hydrogens is 482 g/mol. The van der Waals surface area contributed by atoms with E-state index in [1.165, 1.54) is 48.5 Å². The third-order valence-corrected chi connectivity index (χ3v) is 7.35. The van der Waals surface area contributed by atoms with Crippen LogP contribution in [0.15, 0.2) is 54.6 Å². The largest absolute Gasteiger partial charge is 0.508 e. The van der Waals surface area contributed by atoms with Crippen molar-refractivity contribution in [1.82, 2.24) is 0 Å². The number of aromatic hydroxyl groups is 2. The van der Waals surface area contributed by atoms with Crippen LogP contribution in [0, 0.1) is 0 Å². The maximum atomic E-state index is 13.0. The fraction of sp³-hybridized carbons (Fsp3) is 0.0526. The van der Waals surface area contributed by atoms with Crippen molar-refractivity contribution in [2.75, 3.05) is 0 Å². The summed E-state index contributed by atoms with van der Waals surface area (Å²) < 4.78 is 34.0. The van der Waals surface area contributed by atoms with Gasteiger partial charge in [-0.25, -0.2) is 0 Å². The summed E-state index contributed by atoms with van der Waals surface area (Å²) >= 11 is 24.5. The molecule has 0 saturated carbocycles. The number of benzene rings is 3. The molecule has 29 heavy (non-hydrogen) atoms. The van der Waals surface area contributed by atoms with E-state index in [1.807, 2.05) is 0 Å². The molecule has 3 aromatic carbocycles. The zero-order chi connectivity index (χ0) is 21.6. The van der Waals surface area contributed by atoms with Crippen LogP contribution in [-0.4, -0.2) is 23.2 Å². The van der Waals surface area contributed by atoms with Gasteiger partial charge in [-0.15, -0.1) is 0 Å². The average molecular weight is 494 g/mol. The van der Waals surface area contributed by atoms with E-state index in [1.54, 1.807) is 0 Å². The van der Waals surface area contributed by atoms with E-state index in [9.17, 15) is 23.2 Å². The number of hydrogen-bond donors (Lipinski definition) is 3. The minimum atomic E-state index is -5.08. The van der Waals surface area contributed by atoms with Crippen LogP contribution in [0.2, 0.25) is 20.1 Å². The second-order valence-corrected chi connectivity index (χ2v) is 9.25. The number of para-hydroxylation sites is 1. The summed E-state index contributed by atoms with van der Waals surface area (Å²) in [6.07, 6.45) is 0. The normalized spacial score (nSPS) is 13.8. The van der Waals surface area contributed by atoms with Gasteiger partial charge in [0.1, 0.15) is 11.5 Å². The molecule has 152 valence electrons. The zero-order valence-corrected chi connectivity index (χ0v) is 18.1. The predicted molar refractivity (Wildman–Crippen MR) is 114 cm³/mol. The van der Waals surface area contributed by atoms with Crippen molar-refractivity contribution in [3.63, 3.8) is 0 Å². The van der Waals surface area contributed by atoms with Gasteiger partial charge in [-0.2, -0.15) is 8.42 Å². The lowest BCUT2D eigenvalue weighted by molar-refractivity contribution is 0.440. The smallest absolute Gasteiger partial charge is 0.283 e. The SMILES string of the molecule is O=S(=O)(O)C(c1cc(Cl)c(Cl)c(Cl)c1)(c1ccccc1O)c1ccc(O)cc1Cl. The van der Waals surface area contributed by atoms with E-state index >= 15 is 0 Å². The molecule has 0 heterocycles. The molecule has 0 aliphatic rings. The van der Waals surface area contributed by atoms with Gasteiger partial charge in [-0.3, -0.25) is 4.55 Å². The van der Waals surface area contributed by atoms with Crippen LogP contribution in [0.4, 0.5) is 0 Å². The van der Waals surface area contributed by atoms with Crippen LogP contribution in [0.25, 0.3) is 0 Å². The molecule has 5 nitrogen and oxygen atoms in total. The summed E-state index contributed by atoms with van der Waals surface area (Å²) in [6, 6.07) is 11.4. The minimum absolute atomic E-state index is 0.0181. The predicted octanol–water partition coefficient (Wildman–Crippen LogP) is 5.89. The standard InChI is InChI=1S/C19H12Cl4O5S/c20-14-9-11(24)5-6-12(14)19(29(26,27)28,13-3-1-2-4-17(13)25)10-7-15(21)18(23)16(22)8-10/h1-9,24-25H,(H,26,27,28). The molecule has 3 N–H and O–H groups in total. The average Bonchev–Trinajstić information content (AvgIpc) is 2.62. The highest BCUT2D eigenvalue weighted by molar-refractivity contribution is 7.87. The molecule has 0 bridgehead atoms. The molecule has 3 aromatic rings. The Hall–Kier alpha value is -1.67. The summed E-state index contributed by atoms with van der Waals surface area (Å²) in [7, 11) is -5.08. The first-order valence-electron chi connectivity index (χ1n) is 7.89. The van der Waals surface area contributed by atoms with Crippen molar-refractivity contribution in [3.8, 4) is 11.5 Å². The number of phenolic OH excluding ortho intramolecular Hbond substituents is 2. The Labute approximate surface area is 186 Å². The first kappa shape index (κ1) is 22.0. The van der Waals surface area contributed by atoms with Gasteiger partial charge in [0.05, 0.1) is 15.1 Å². The number of phenols is 2. The van der Waals surface area contributed by atoms with Gasteiger partial charge in [0.25, 0.3) is 10.1 Å². The van der Waals surface area contributed by atoms with E-state index in [2.05, 4.69) is 0 Å². The highest BCUT2D eigenvalue weighted by atomic mass is 35.5. The Morgan fingerprint density at radius 3 is 1.86 bits per heavy atom. The molecule has 1 unspecified atom stereocenters. The van der Waals surface area contributed by atoms with E-state index in [0.717, 1.165) is 6.07 Å². The number of halogens is 4. The Balaban J connectivity index is 2.61. The molecule has 3 rings (SSSR count). The summed E-state index contributed by atoms with van der Waals surface area (Å²) in [5.74, 6) is -0.663. The van der Waals surface area contributed by atoms with Gasteiger partial charge in [-0.1, -0.05) is 70.7 Å². The minimum Gasteiger partial charge on any atom is -0.508 e. The number of rotatable bonds is 4. The highest BCUT2D eigenvalue weighted by Gasteiger charge is 2.51. The van der Waals surface area contributed by atoms with Crippen LogP contribution in [-0.2, 0) is 14.9 Å². The highest BCUT2D eigenvalue weighted by Crippen LogP contribution is 2.51. The molecule has 0 spiro atoms. The second-order valence-electron chi connectivity index (χ2n) is 6.09. The van der Waals surface area contributed by atoms with Crippen LogP contribution in [0.5, 0.6) is 11.5 Å². The fourth-order valence-electron chi connectivity index (χ4n) is 3.20. The zero-order valence-electron chi connectivity index (χ0n) is 14.3. The van der Waals surface area contributed by atoms with Crippen LogP contribution < -0.4 is 0 Å². The van der Waals surface area contributed by atoms with Gasteiger partial charge < -0.3 is 10.2 Å². The Kier molecular flexibility index (Phi) is 5.98. The fourth-order valence-corrected chi connectivity index (χ4v) is 5.49. The lowest BCUT2D eigenvalue weighted by atomic mass is 9.83. The second kappa shape index (κ2) is 7.87. The maximum Gasteiger partial charge on any atom is 0.283 e. The molecule has 10 heteroatoms. The van der Waals surface area contributed by atoms with E-state index in [4.69, 9.17) is 46.4 Å². The summed E-state index contributed by atoms with van der Waals surface area (Å²) in [4.78, 5) is 0. The van der Waals surface area contributed by atoms with Crippen molar-refractivity contribution in [2.45, 2.75) is 4.75 Å². The van der Waals surface area contributed by atoms with Crippen molar-refractivity contribution in [1.29, 1.82) is 0 Å². The lowest BCUT2D eigenvalue weighted by Gasteiger charge is -2.34. The van der Waals surface area contributed by atoms with Gasteiger partial charge in [-0.05, 0) is 35.9 Å². The Morgan fingerprint density at radius 1 is 0.759 bits per heavy atom. The molecule has 0 amide bonds. The molecule has 0 saturated heterocycles.